The molecule has 1 saturated carbocycles. The highest BCUT2D eigenvalue weighted by Gasteiger charge is 2.33. The lowest BCUT2D eigenvalue weighted by Crippen LogP contribution is -2.54. The van der Waals surface area contributed by atoms with Gasteiger partial charge in [-0.3, -0.25) is 13.9 Å². The Labute approximate surface area is 227 Å². The van der Waals surface area contributed by atoms with Gasteiger partial charge in [0.25, 0.3) is 0 Å². The number of methoxy groups -OCH3 is 1. The summed E-state index contributed by atoms with van der Waals surface area (Å²) in [5.41, 5.74) is 2.13. The van der Waals surface area contributed by atoms with Gasteiger partial charge in [-0.15, -0.1) is 0 Å². The second kappa shape index (κ2) is 13.6. The first-order valence-electron chi connectivity index (χ1n) is 13.5. The molecule has 9 heteroatoms. The smallest absolute Gasteiger partial charge is 0.244 e. The third kappa shape index (κ3) is 7.72. The van der Waals surface area contributed by atoms with Crippen LogP contribution in [0.2, 0.25) is 0 Å². The summed E-state index contributed by atoms with van der Waals surface area (Å²) >= 11 is 0. The summed E-state index contributed by atoms with van der Waals surface area (Å²) in [6.45, 7) is 3.60. The van der Waals surface area contributed by atoms with Crippen molar-refractivity contribution in [2.45, 2.75) is 77.4 Å². The van der Waals surface area contributed by atoms with Gasteiger partial charge in [0, 0.05) is 12.6 Å². The molecule has 1 N–H and O–H groups in total. The summed E-state index contributed by atoms with van der Waals surface area (Å²) in [6.07, 6.45) is 7.33. The van der Waals surface area contributed by atoms with Crippen LogP contribution in [0.15, 0.2) is 48.5 Å². The van der Waals surface area contributed by atoms with Crippen molar-refractivity contribution in [3.63, 3.8) is 0 Å². The van der Waals surface area contributed by atoms with Crippen LogP contribution in [0.1, 0.15) is 63.5 Å². The lowest BCUT2D eigenvalue weighted by molar-refractivity contribution is -0.140. The molecule has 0 bridgehead atoms. The number of carbonyl (C=O) groups excluding carboxylic acids is 2. The Kier molecular flexibility index (Phi) is 10.6. The first kappa shape index (κ1) is 29.5. The maximum absolute atomic E-state index is 13.9. The molecule has 1 aliphatic carbocycles. The van der Waals surface area contributed by atoms with E-state index in [9.17, 15) is 18.0 Å². The number of aryl methyl sites for hydroxylation is 1. The van der Waals surface area contributed by atoms with Gasteiger partial charge in [-0.05, 0) is 55.0 Å². The molecule has 208 valence electrons. The molecule has 38 heavy (non-hydrogen) atoms. The van der Waals surface area contributed by atoms with E-state index in [0.29, 0.717) is 24.3 Å². The minimum absolute atomic E-state index is 0.104. The fourth-order valence-electron chi connectivity index (χ4n) is 5.04. The van der Waals surface area contributed by atoms with Gasteiger partial charge in [-0.25, -0.2) is 8.42 Å². The molecule has 2 amide bonds. The van der Waals surface area contributed by atoms with E-state index in [1.807, 2.05) is 38.1 Å². The number of sulfonamides is 1. The molecule has 0 radical (unpaired) electrons. The summed E-state index contributed by atoms with van der Waals surface area (Å²) in [5.74, 6) is 0.0667. The number of nitrogens with zero attached hydrogens (tertiary/aromatic N) is 2. The third-order valence-electron chi connectivity index (χ3n) is 7.17. The molecule has 0 heterocycles. The van der Waals surface area contributed by atoms with Crippen molar-refractivity contribution < 1.29 is 22.7 Å². The first-order valence-corrected chi connectivity index (χ1v) is 15.3. The number of rotatable bonds is 12. The van der Waals surface area contributed by atoms with E-state index in [4.69, 9.17) is 4.74 Å². The van der Waals surface area contributed by atoms with E-state index in [-0.39, 0.29) is 25.0 Å². The van der Waals surface area contributed by atoms with Crippen LogP contribution in [0.3, 0.4) is 0 Å². The van der Waals surface area contributed by atoms with Gasteiger partial charge in [0.15, 0.2) is 0 Å². The van der Waals surface area contributed by atoms with E-state index >= 15 is 0 Å². The molecule has 1 aliphatic rings. The van der Waals surface area contributed by atoms with Crippen molar-refractivity contribution in [2.75, 3.05) is 24.2 Å². The molecule has 0 aromatic heterocycles. The Bertz CT molecular complexity index is 1180. The molecule has 0 spiro atoms. The molecule has 1 unspecified atom stereocenters. The fourth-order valence-corrected chi connectivity index (χ4v) is 5.92. The van der Waals surface area contributed by atoms with Crippen LogP contribution in [-0.4, -0.2) is 57.1 Å². The second-order valence-electron chi connectivity index (χ2n) is 9.89. The molecular formula is C29H41N3O5S. The molecule has 3 rings (SSSR count). The molecule has 8 nitrogen and oxygen atoms in total. The van der Waals surface area contributed by atoms with Gasteiger partial charge in [-0.2, -0.15) is 0 Å². The van der Waals surface area contributed by atoms with Crippen LogP contribution >= 0.6 is 0 Å². The second-order valence-corrected chi connectivity index (χ2v) is 11.8. The SMILES string of the molecule is CCc1ccccc1N(CC(=O)N(Cc1ccc(OC)cc1)C(CC)C(=O)NC1CCCCC1)S(C)(=O)=O. The van der Waals surface area contributed by atoms with Crippen molar-refractivity contribution in [3.8, 4) is 5.75 Å². The largest absolute Gasteiger partial charge is 0.497 e. The Morgan fingerprint density at radius 1 is 1.03 bits per heavy atom. The van der Waals surface area contributed by atoms with Crippen LogP contribution in [-0.2, 0) is 32.6 Å². The minimum Gasteiger partial charge on any atom is -0.497 e. The highest BCUT2D eigenvalue weighted by Crippen LogP contribution is 2.25. The van der Waals surface area contributed by atoms with Gasteiger partial charge in [0.1, 0.15) is 18.3 Å². The zero-order valence-electron chi connectivity index (χ0n) is 23.0. The Balaban J connectivity index is 1.93. The lowest BCUT2D eigenvalue weighted by atomic mass is 9.95. The fraction of sp³-hybridized carbons (Fsp3) is 0.517. The van der Waals surface area contributed by atoms with E-state index < -0.39 is 22.0 Å². The molecule has 2 aromatic carbocycles. The number of ether oxygens (including phenoxy) is 1. The number of hydrogen-bond donors (Lipinski definition) is 1. The highest BCUT2D eigenvalue weighted by atomic mass is 32.2. The predicted molar refractivity (Wildman–Crippen MR) is 151 cm³/mol. The Morgan fingerprint density at radius 2 is 1.68 bits per heavy atom. The number of nitrogens with one attached hydrogen (secondary N) is 1. The van der Waals surface area contributed by atoms with Crippen molar-refractivity contribution in [2.24, 2.45) is 0 Å². The summed E-state index contributed by atoms with van der Waals surface area (Å²) in [7, 11) is -2.18. The summed E-state index contributed by atoms with van der Waals surface area (Å²) in [6, 6.07) is 13.9. The zero-order chi connectivity index (χ0) is 27.7. The van der Waals surface area contributed by atoms with Gasteiger partial charge >= 0.3 is 0 Å². The number of benzene rings is 2. The standard InChI is InChI=1S/C29H41N3O5S/c1-5-23-12-10-11-15-27(23)32(38(4,35)36)21-28(33)31(20-22-16-18-25(37-3)19-17-22)26(6-2)29(34)30-24-13-8-7-9-14-24/h10-12,15-19,24,26H,5-9,13-14,20-21H2,1-4H3,(H,30,34). The summed E-state index contributed by atoms with van der Waals surface area (Å²) in [4.78, 5) is 28.9. The third-order valence-corrected chi connectivity index (χ3v) is 8.30. The van der Waals surface area contributed by atoms with Crippen molar-refractivity contribution in [1.29, 1.82) is 0 Å². The maximum Gasteiger partial charge on any atom is 0.244 e. The summed E-state index contributed by atoms with van der Waals surface area (Å²) < 4.78 is 32.2. The Morgan fingerprint density at radius 3 is 2.26 bits per heavy atom. The van der Waals surface area contributed by atoms with Crippen LogP contribution < -0.4 is 14.4 Å². The van der Waals surface area contributed by atoms with Crippen LogP contribution in [0.4, 0.5) is 5.69 Å². The number of amides is 2. The molecule has 1 atom stereocenters. The predicted octanol–water partition coefficient (Wildman–Crippen LogP) is 4.28. The number of anilines is 1. The van der Waals surface area contributed by atoms with E-state index in [2.05, 4.69) is 5.32 Å². The molecule has 2 aromatic rings. The van der Waals surface area contributed by atoms with Crippen molar-refractivity contribution in [1.82, 2.24) is 10.2 Å². The zero-order valence-corrected chi connectivity index (χ0v) is 23.8. The molecule has 1 fully saturated rings. The van der Waals surface area contributed by atoms with Crippen LogP contribution in [0.5, 0.6) is 5.75 Å². The topological polar surface area (TPSA) is 96.0 Å². The van der Waals surface area contributed by atoms with Crippen molar-refractivity contribution >= 4 is 27.5 Å². The van der Waals surface area contributed by atoms with E-state index in [1.165, 1.54) is 11.3 Å². The molecular weight excluding hydrogens is 502 g/mol. The Hall–Kier alpha value is -3.07. The van der Waals surface area contributed by atoms with Gasteiger partial charge < -0.3 is 15.0 Å². The van der Waals surface area contributed by atoms with Crippen LogP contribution in [0, 0.1) is 0 Å². The first-order chi connectivity index (χ1) is 18.2. The average Bonchev–Trinajstić information content (AvgIpc) is 2.91. The number of hydrogen-bond acceptors (Lipinski definition) is 5. The number of carbonyl (C=O) groups is 2. The average molecular weight is 544 g/mol. The van der Waals surface area contributed by atoms with Gasteiger partial charge in [0.2, 0.25) is 21.8 Å². The van der Waals surface area contributed by atoms with E-state index in [1.54, 1.807) is 31.4 Å². The molecule has 0 aliphatic heterocycles. The maximum atomic E-state index is 13.9. The molecule has 0 saturated heterocycles. The van der Waals surface area contributed by atoms with Crippen LogP contribution in [0.25, 0.3) is 0 Å². The number of para-hydroxylation sites is 1. The lowest BCUT2D eigenvalue weighted by Gasteiger charge is -2.34. The van der Waals surface area contributed by atoms with Gasteiger partial charge in [0.05, 0.1) is 19.1 Å². The normalized spacial score (nSPS) is 14.9. The van der Waals surface area contributed by atoms with E-state index in [0.717, 1.165) is 47.4 Å². The van der Waals surface area contributed by atoms with Crippen molar-refractivity contribution in [3.05, 3.63) is 59.7 Å². The highest BCUT2D eigenvalue weighted by molar-refractivity contribution is 7.92. The van der Waals surface area contributed by atoms with Gasteiger partial charge in [-0.1, -0.05) is 63.4 Å². The monoisotopic (exact) mass is 543 g/mol. The minimum atomic E-state index is -3.77. The summed E-state index contributed by atoms with van der Waals surface area (Å²) in [5, 5.41) is 3.16. The quantitative estimate of drug-likeness (QED) is 0.431.